The van der Waals surface area contributed by atoms with Crippen molar-refractivity contribution in [2.24, 2.45) is 0 Å². The summed E-state index contributed by atoms with van der Waals surface area (Å²) in [6.07, 6.45) is 6.80. The van der Waals surface area contributed by atoms with E-state index in [0.717, 1.165) is 12.8 Å². The van der Waals surface area contributed by atoms with Crippen molar-refractivity contribution in [2.45, 2.75) is 64.2 Å². The first kappa shape index (κ1) is 16.8. The summed E-state index contributed by atoms with van der Waals surface area (Å²) in [5.41, 5.74) is 0. The minimum Gasteiger partial charge on any atom is -0.460 e. The lowest BCUT2D eigenvalue weighted by atomic mass is 10.2. The molecule has 0 aliphatic rings. The molecule has 0 radical (unpaired) electrons. The lowest BCUT2D eigenvalue weighted by Gasteiger charge is -2.23. The average Bonchev–Trinajstić information content (AvgIpc) is 2.30. The standard InChI is InChI=1S/C13H28O2Si2/c1-5-7-11-16-15-17(3,4)12-9-8-10-13(14)6-2/h6H,2,5,7-12,16H2,1,3-4H3. The number of ketones is 1. The van der Waals surface area contributed by atoms with Crippen molar-refractivity contribution >= 4 is 23.9 Å². The van der Waals surface area contributed by atoms with Gasteiger partial charge in [0, 0.05) is 6.42 Å². The van der Waals surface area contributed by atoms with E-state index < -0.39 is 8.32 Å². The summed E-state index contributed by atoms with van der Waals surface area (Å²) in [6, 6.07) is 2.51. The van der Waals surface area contributed by atoms with Gasteiger partial charge in [0.05, 0.1) is 0 Å². The van der Waals surface area contributed by atoms with Crippen molar-refractivity contribution in [1.29, 1.82) is 0 Å². The third kappa shape index (κ3) is 10.7. The topological polar surface area (TPSA) is 26.3 Å². The van der Waals surface area contributed by atoms with E-state index >= 15 is 0 Å². The smallest absolute Gasteiger partial charge is 0.172 e. The molecule has 0 fully saturated rings. The molecule has 0 rings (SSSR count). The lowest BCUT2D eigenvalue weighted by molar-refractivity contribution is -0.114. The van der Waals surface area contributed by atoms with Gasteiger partial charge in [-0.25, -0.2) is 0 Å². The van der Waals surface area contributed by atoms with Gasteiger partial charge in [0.15, 0.2) is 14.1 Å². The van der Waals surface area contributed by atoms with Crippen molar-refractivity contribution in [3.63, 3.8) is 0 Å². The molecule has 0 heterocycles. The monoisotopic (exact) mass is 272 g/mol. The normalized spacial score (nSPS) is 12.2. The van der Waals surface area contributed by atoms with Crippen molar-refractivity contribution < 1.29 is 8.91 Å². The van der Waals surface area contributed by atoms with Crippen LogP contribution in [0.1, 0.15) is 39.0 Å². The molecule has 0 aromatic heterocycles. The van der Waals surface area contributed by atoms with Crippen LogP contribution in [-0.4, -0.2) is 23.9 Å². The highest BCUT2D eigenvalue weighted by atomic mass is 28.4. The Bertz CT molecular complexity index is 227. The highest BCUT2D eigenvalue weighted by molar-refractivity contribution is 6.75. The van der Waals surface area contributed by atoms with E-state index in [9.17, 15) is 4.79 Å². The van der Waals surface area contributed by atoms with Gasteiger partial charge in [0.2, 0.25) is 0 Å². The molecule has 0 atom stereocenters. The molecular weight excluding hydrogens is 244 g/mol. The van der Waals surface area contributed by atoms with E-state index in [-0.39, 0.29) is 15.5 Å². The third-order valence-corrected chi connectivity index (χ3v) is 9.21. The summed E-state index contributed by atoms with van der Waals surface area (Å²) in [7, 11) is -1.69. The first-order valence-electron chi connectivity index (χ1n) is 6.81. The second-order valence-corrected chi connectivity index (χ2v) is 11.5. The molecule has 0 unspecified atom stereocenters. The Morgan fingerprint density at radius 3 is 2.65 bits per heavy atom. The fraction of sp³-hybridized carbons (Fsp3) is 0.769. The Kier molecular flexibility index (Phi) is 9.68. The second-order valence-electron chi connectivity index (χ2n) is 5.19. The molecule has 0 aromatic carbocycles. The fourth-order valence-corrected chi connectivity index (χ4v) is 6.90. The zero-order chi connectivity index (χ0) is 13.1. The number of hydrogen-bond donors (Lipinski definition) is 0. The van der Waals surface area contributed by atoms with E-state index in [2.05, 4.69) is 26.6 Å². The number of hydrogen-bond acceptors (Lipinski definition) is 2. The van der Waals surface area contributed by atoms with E-state index in [1.807, 2.05) is 0 Å². The van der Waals surface area contributed by atoms with Crippen molar-refractivity contribution in [2.75, 3.05) is 0 Å². The Balaban J connectivity index is 3.56. The Morgan fingerprint density at radius 2 is 2.06 bits per heavy atom. The Hall–Kier alpha value is -0.196. The molecule has 4 heteroatoms. The Labute approximate surface area is 110 Å². The number of carbonyl (C=O) groups excluding carboxylic acids is 1. The number of allylic oxidation sites excluding steroid dienone is 1. The predicted molar refractivity (Wildman–Crippen MR) is 80.7 cm³/mol. The molecule has 0 saturated carbocycles. The van der Waals surface area contributed by atoms with Crippen LogP contribution in [0.4, 0.5) is 0 Å². The maximum Gasteiger partial charge on any atom is 0.172 e. The quantitative estimate of drug-likeness (QED) is 0.327. The van der Waals surface area contributed by atoms with E-state index in [0.29, 0.717) is 6.42 Å². The zero-order valence-electron chi connectivity index (χ0n) is 11.8. The maximum absolute atomic E-state index is 11.0. The lowest BCUT2D eigenvalue weighted by Crippen LogP contribution is -2.31. The highest BCUT2D eigenvalue weighted by Gasteiger charge is 2.20. The Morgan fingerprint density at radius 1 is 1.35 bits per heavy atom. The third-order valence-electron chi connectivity index (χ3n) is 2.92. The van der Waals surface area contributed by atoms with Crippen LogP contribution in [0.2, 0.25) is 25.2 Å². The van der Waals surface area contributed by atoms with Gasteiger partial charge in [-0.2, -0.15) is 0 Å². The first-order valence-corrected chi connectivity index (χ1v) is 11.5. The van der Waals surface area contributed by atoms with Gasteiger partial charge in [-0.05, 0) is 37.7 Å². The van der Waals surface area contributed by atoms with E-state index in [1.165, 1.54) is 31.0 Å². The maximum atomic E-state index is 11.0. The molecule has 0 saturated heterocycles. The van der Waals surface area contributed by atoms with Crippen LogP contribution in [0.25, 0.3) is 0 Å². The molecular formula is C13H28O2Si2. The van der Waals surface area contributed by atoms with Gasteiger partial charge in [-0.15, -0.1) is 0 Å². The van der Waals surface area contributed by atoms with Crippen LogP contribution in [0.5, 0.6) is 0 Å². The van der Waals surface area contributed by atoms with Crippen LogP contribution in [-0.2, 0) is 8.91 Å². The van der Waals surface area contributed by atoms with Gasteiger partial charge in [-0.1, -0.05) is 32.8 Å². The minimum atomic E-state index is -1.41. The zero-order valence-corrected chi connectivity index (χ0v) is 14.2. The summed E-state index contributed by atoms with van der Waals surface area (Å²) < 4.78 is 6.14. The van der Waals surface area contributed by atoms with Crippen molar-refractivity contribution in [1.82, 2.24) is 0 Å². The van der Waals surface area contributed by atoms with Gasteiger partial charge in [0.1, 0.15) is 9.76 Å². The van der Waals surface area contributed by atoms with Gasteiger partial charge < -0.3 is 4.12 Å². The SMILES string of the molecule is C=CC(=O)CCCC[Si](C)(C)O[SiH2]CCCC. The largest absolute Gasteiger partial charge is 0.460 e. The van der Waals surface area contributed by atoms with E-state index in [1.54, 1.807) is 0 Å². The summed E-state index contributed by atoms with van der Waals surface area (Å²) in [4.78, 5) is 11.0. The molecule has 0 N–H and O–H groups in total. The highest BCUT2D eigenvalue weighted by Crippen LogP contribution is 2.16. The van der Waals surface area contributed by atoms with Crippen LogP contribution in [0, 0.1) is 0 Å². The van der Waals surface area contributed by atoms with Crippen molar-refractivity contribution in [3.05, 3.63) is 12.7 Å². The molecule has 17 heavy (non-hydrogen) atoms. The van der Waals surface area contributed by atoms with Crippen LogP contribution in [0.15, 0.2) is 12.7 Å². The van der Waals surface area contributed by atoms with Crippen LogP contribution < -0.4 is 0 Å². The summed E-state index contributed by atoms with van der Waals surface area (Å²) in [6.45, 7) is 10.3. The van der Waals surface area contributed by atoms with E-state index in [4.69, 9.17) is 4.12 Å². The summed E-state index contributed by atoms with van der Waals surface area (Å²) in [5.74, 6) is 0.169. The first-order chi connectivity index (χ1) is 8.02. The molecule has 0 amide bonds. The van der Waals surface area contributed by atoms with Gasteiger partial charge >= 0.3 is 0 Å². The minimum absolute atomic E-state index is 0.169. The number of rotatable bonds is 11. The molecule has 2 nitrogen and oxygen atoms in total. The molecule has 0 spiro atoms. The average molecular weight is 273 g/mol. The fourth-order valence-electron chi connectivity index (χ4n) is 1.72. The molecule has 0 bridgehead atoms. The van der Waals surface area contributed by atoms with Gasteiger partial charge in [0.25, 0.3) is 0 Å². The predicted octanol–water partition coefficient (Wildman–Crippen LogP) is 3.44. The van der Waals surface area contributed by atoms with Gasteiger partial charge in [-0.3, -0.25) is 4.79 Å². The molecule has 0 aliphatic heterocycles. The van der Waals surface area contributed by atoms with Crippen LogP contribution in [0.3, 0.4) is 0 Å². The van der Waals surface area contributed by atoms with Crippen LogP contribution >= 0.6 is 0 Å². The molecule has 100 valence electrons. The van der Waals surface area contributed by atoms with Crippen molar-refractivity contribution in [3.8, 4) is 0 Å². The summed E-state index contributed by atoms with van der Waals surface area (Å²) in [5, 5.41) is 0. The molecule has 0 aliphatic carbocycles. The second kappa shape index (κ2) is 9.80. The molecule has 0 aromatic rings. The number of carbonyl (C=O) groups is 1. The summed E-state index contributed by atoms with van der Waals surface area (Å²) >= 11 is 0. The number of unbranched alkanes of at least 4 members (excludes halogenated alkanes) is 2.